The van der Waals surface area contributed by atoms with Gasteiger partial charge < -0.3 is 4.74 Å². The molecule has 0 bridgehead atoms. The highest BCUT2D eigenvalue weighted by atomic mass is 16.5. The van der Waals surface area contributed by atoms with Crippen LogP contribution in [0.4, 0.5) is 0 Å². The number of hydrogen-bond acceptors (Lipinski definition) is 3. The fourth-order valence-corrected chi connectivity index (χ4v) is 4.46. The zero-order valence-corrected chi connectivity index (χ0v) is 24.6. The number of carbonyl (C=O) groups is 2. The Hall–Kier alpha value is -3.20. The molecule has 3 aromatic carbocycles. The first-order valence-electron chi connectivity index (χ1n) is 15.1. The van der Waals surface area contributed by atoms with Gasteiger partial charge >= 0.3 is 0 Å². The van der Waals surface area contributed by atoms with Crippen LogP contribution in [0.2, 0.25) is 0 Å². The second-order valence-electron chi connectivity index (χ2n) is 9.86. The fourth-order valence-electron chi connectivity index (χ4n) is 4.46. The van der Waals surface area contributed by atoms with Gasteiger partial charge in [-0.05, 0) is 36.1 Å². The van der Waals surface area contributed by atoms with Crippen LogP contribution in [0.3, 0.4) is 0 Å². The van der Waals surface area contributed by atoms with Gasteiger partial charge in [-0.15, -0.1) is 0 Å². The number of unbranched alkanes of at least 4 members (excludes halogenated alkanes) is 8. The quantitative estimate of drug-likeness (QED) is 0.129. The first kappa shape index (κ1) is 32.0. The number of benzene rings is 3. The highest BCUT2D eigenvalue weighted by Crippen LogP contribution is 2.24. The van der Waals surface area contributed by atoms with Gasteiger partial charge in [-0.2, -0.15) is 0 Å². The zero-order chi connectivity index (χ0) is 28.3. The molecule has 0 aliphatic carbocycles. The third-order valence-electron chi connectivity index (χ3n) is 6.83. The summed E-state index contributed by atoms with van der Waals surface area (Å²) in [5.41, 5.74) is 4.07. The van der Waals surface area contributed by atoms with E-state index in [4.69, 9.17) is 4.74 Å². The lowest BCUT2D eigenvalue weighted by atomic mass is 9.97. The van der Waals surface area contributed by atoms with Crippen LogP contribution in [0.5, 0.6) is 5.75 Å². The Morgan fingerprint density at radius 2 is 0.974 bits per heavy atom. The van der Waals surface area contributed by atoms with Crippen molar-refractivity contribution in [3.63, 3.8) is 0 Å². The molecule has 0 aliphatic rings. The minimum atomic E-state index is -0.0352. The van der Waals surface area contributed by atoms with Gasteiger partial charge in [0.1, 0.15) is 5.75 Å². The first-order chi connectivity index (χ1) is 19.1. The van der Waals surface area contributed by atoms with Crippen molar-refractivity contribution in [2.24, 2.45) is 0 Å². The monoisotopic (exact) mass is 528 g/mol. The van der Waals surface area contributed by atoms with Crippen LogP contribution in [0, 0.1) is 0 Å². The topological polar surface area (TPSA) is 43.4 Å². The van der Waals surface area contributed by atoms with E-state index in [0.717, 1.165) is 49.2 Å². The predicted molar refractivity (Wildman–Crippen MR) is 165 cm³/mol. The first-order valence-corrected chi connectivity index (χ1v) is 15.1. The standard InChI is InChI=1S/C34H42O3.C2H6/c1-3-5-7-9-10-12-26-37-32-24-22-28(23-25-32)27-14-18-30(19-15-27)34(36)31-20-16-29(17-21-31)33(35)13-11-8-6-4-2;1-2/h14-25H,3-13,26H2,1-2H3;1-2H3. The highest BCUT2D eigenvalue weighted by molar-refractivity contribution is 6.09. The Morgan fingerprint density at radius 1 is 0.538 bits per heavy atom. The Balaban J connectivity index is 0.00000260. The highest BCUT2D eigenvalue weighted by Gasteiger charge is 2.11. The van der Waals surface area contributed by atoms with E-state index in [-0.39, 0.29) is 11.6 Å². The number of carbonyl (C=O) groups excluding carboxylic acids is 2. The molecule has 39 heavy (non-hydrogen) atoms. The van der Waals surface area contributed by atoms with Crippen molar-refractivity contribution >= 4 is 11.6 Å². The molecule has 3 nitrogen and oxygen atoms in total. The fraction of sp³-hybridized carbons (Fsp3) is 0.444. The second-order valence-corrected chi connectivity index (χ2v) is 9.86. The van der Waals surface area contributed by atoms with Crippen LogP contribution in [-0.2, 0) is 0 Å². The molecule has 0 N–H and O–H groups in total. The van der Waals surface area contributed by atoms with Crippen LogP contribution in [-0.4, -0.2) is 18.2 Å². The van der Waals surface area contributed by atoms with E-state index < -0.39 is 0 Å². The molecule has 0 aliphatic heterocycles. The Morgan fingerprint density at radius 3 is 1.54 bits per heavy atom. The summed E-state index contributed by atoms with van der Waals surface area (Å²) in [5.74, 6) is 1.01. The lowest BCUT2D eigenvalue weighted by Crippen LogP contribution is -2.03. The van der Waals surface area contributed by atoms with E-state index in [0.29, 0.717) is 23.1 Å². The van der Waals surface area contributed by atoms with E-state index >= 15 is 0 Å². The number of Topliss-reactive ketones (excluding diaryl/α,β-unsaturated/α-hetero) is 1. The molecule has 210 valence electrons. The molecule has 0 saturated heterocycles. The van der Waals surface area contributed by atoms with Gasteiger partial charge in [0, 0.05) is 23.1 Å². The molecule has 3 rings (SSSR count). The van der Waals surface area contributed by atoms with Gasteiger partial charge in [0.2, 0.25) is 0 Å². The summed E-state index contributed by atoms with van der Waals surface area (Å²) in [6, 6.07) is 22.9. The molecule has 0 radical (unpaired) electrons. The molecule has 0 aromatic heterocycles. The third kappa shape index (κ3) is 11.2. The Labute approximate surface area is 237 Å². The molecule has 0 unspecified atom stereocenters. The summed E-state index contributed by atoms with van der Waals surface area (Å²) in [6.07, 6.45) is 12.4. The van der Waals surface area contributed by atoms with Crippen LogP contribution >= 0.6 is 0 Å². The number of ketones is 2. The average Bonchev–Trinajstić information content (AvgIpc) is 3.00. The van der Waals surface area contributed by atoms with E-state index in [9.17, 15) is 9.59 Å². The molecular formula is C36H48O3. The van der Waals surface area contributed by atoms with Gasteiger partial charge in [0.25, 0.3) is 0 Å². The zero-order valence-electron chi connectivity index (χ0n) is 24.6. The Bertz CT molecular complexity index is 1080. The van der Waals surface area contributed by atoms with Crippen LogP contribution in [0.15, 0.2) is 72.8 Å². The number of ether oxygens (including phenoxy) is 1. The van der Waals surface area contributed by atoms with Crippen molar-refractivity contribution < 1.29 is 14.3 Å². The molecule has 0 spiro atoms. The van der Waals surface area contributed by atoms with E-state index in [1.807, 2.05) is 50.2 Å². The largest absolute Gasteiger partial charge is 0.494 e. The minimum absolute atomic E-state index is 0.0352. The maximum Gasteiger partial charge on any atom is 0.193 e. The Kier molecular flexibility index (Phi) is 15.6. The van der Waals surface area contributed by atoms with Crippen molar-refractivity contribution in [3.05, 3.63) is 89.5 Å². The lowest BCUT2D eigenvalue weighted by molar-refractivity contribution is 0.0977. The van der Waals surface area contributed by atoms with Crippen LogP contribution in [0.25, 0.3) is 11.1 Å². The summed E-state index contributed by atoms with van der Waals surface area (Å²) in [4.78, 5) is 25.3. The van der Waals surface area contributed by atoms with E-state index in [1.54, 1.807) is 24.3 Å². The van der Waals surface area contributed by atoms with Crippen molar-refractivity contribution in [1.29, 1.82) is 0 Å². The van der Waals surface area contributed by atoms with Crippen LogP contribution < -0.4 is 4.74 Å². The normalized spacial score (nSPS) is 10.5. The van der Waals surface area contributed by atoms with Gasteiger partial charge in [-0.25, -0.2) is 0 Å². The van der Waals surface area contributed by atoms with Gasteiger partial charge in [0.15, 0.2) is 11.6 Å². The molecule has 3 heteroatoms. The molecule has 3 aromatic rings. The summed E-state index contributed by atoms with van der Waals surface area (Å²) in [6.45, 7) is 9.16. The predicted octanol–water partition coefficient (Wildman–Crippen LogP) is 10.5. The van der Waals surface area contributed by atoms with Crippen molar-refractivity contribution in [3.8, 4) is 16.9 Å². The molecule has 0 atom stereocenters. The molecule has 0 fully saturated rings. The minimum Gasteiger partial charge on any atom is -0.494 e. The summed E-state index contributed by atoms with van der Waals surface area (Å²) in [5, 5.41) is 0. The van der Waals surface area contributed by atoms with E-state index in [2.05, 4.69) is 26.0 Å². The molecular weight excluding hydrogens is 480 g/mol. The van der Waals surface area contributed by atoms with Crippen molar-refractivity contribution in [2.45, 2.75) is 98.3 Å². The molecule has 0 heterocycles. The smallest absolute Gasteiger partial charge is 0.193 e. The SMILES string of the molecule is CC.CCCCCCCCOc1ccc(-c2ccc(C(=O)c3ccc(C(=O)CCCCCC)cc3)cc2)cc1. The van der Waals surface area contributed by atoms with Gasteiger partial charge in [0.05, 0.1) is 6.61 Å². The van der Waals surface area contributed by atoms with Gasteiger partial charge in [-0.3, -0.25) is 9.59 Å². The maximum atomic E-state index is 13.0. The number of hydrogen-bond donors (Lipinski definition) is 0. The summed E-state index contributed by atoms with van der Waals surface area (Å²) in [7, 11) is 0. The maximum absolute atomic E-state index is 13.0. The average molecular weight is 529 g/mol. The molecule has 0 amide bonds. The summed E-state index contributed by atoms with van der Waals surface area (Å²) < 4.78 is 5.89. The molecule has 0 saturated carbocycles. The lowest BCUT2D eigenvalue weighted by Gasteiger charge is -2.08. The van der Waals surface area contributed by atoms with E-state index in [1.165, 1.54) is 38.5 Å². The third-order valence-corrected chi connectivity index (χ3v) is 6.83. The number of rotatable bonds is 17. The van der Waals surface area contributed by atoms with Crippen LogP contribution in [0.1, 0.15) is 125 Å². The summed E-state index contributed by atoms with van der Waals surface area (Å²) >= 11 is 0. The van der Waals surface area contributed by atoms with Gasteiger partial charge in [-0.1, -0.05) is 140 Å². The second kappa shape index (κ2) is 19.0. The van der Waals surface area contributed by atoms with Crippen molar-refractivity contribution in [2.75, 3.05) is 6.61 Å². The van der Waals surface area contributed by atoms with Crippen molar-refractivity contribution in [1.82, 2.24) is 0 Å².